The smallest absolute Gasteiger partial charge is 0.246 e. The Morgan fingerprint density at radius 1 is 1.37 bits per heavy atom. The van der Waals surface area contributed by atoms with Gasteiger partial charge in [-0.15, -0.1) is 0 Å². The molecule has 2 N–H and O–H groups in total. The normalized spacial score (nSPS) is 11.9. The third-order valence-electron chi connectivity index (χ3n) is 2.84. The average molecular weight is 280 g/mol. The molecule has 0 aliphatic carbocycles. The Balaban J connectivity index is 2.25. The lowest BCUT2D eigenvalue weighted by Gasteiger charge is -2.17. The number of para-hydroxylation sites is 1. The molecule has 1 heterocycles. The Labute approximate surface area is 112 Å². The van der Waals surface area contributed by atoms with Crippen LogP contribution in [-0.4, -0.2) is 29.6 Å². The zero-order chi connectivity index (χ0) is 14.0. The Bertz CT molecular complexity index is 679. The number of rotatable bonds is 4. The lowest BCUT2D eigenvalue weighted by Crippen LogP contribution is -2.26. The van der Waals surface area contributed by atoms with Gasteiger partial charge in [-0.2, -0.15) is 9.40 Å². The molecular formula is C12H16N4O2S. The summed E-state index contributed by atoms with van der Waals surface area (Å²) in [7, 11) is -0.341. The second-order valence-corrected chi connectivity index (χ2v) is 6.35. The van der Waals surface area contributed by atoms with Crippen LogP contribution < -0.4 is 5.73 Å². The fourth-order valence-corrected chi connectivity index (χ4v) is 2.85. The molecule has 0 amide bonds. The van der Waals surface area contributed by atoms with Crippen LogP contribution >= 0.6 is 0 Å². The van der Waals surface area contributed by atoms with E-state index in [2.05, 4.69) is 5.10 Å². The van der Waals surface area contributed by atoms with Gasteiger partial charge in [0.1, 0.15) is 4.90 Å². The number of nitrogens with two attached hydrogens (primary N) is 1. The van der Waals surface area contributed by atoms with Crippen molar-refractivity contribution in [1.29, 1.82) is 0 Å². The van der Waals surface area contributed by atoms with E-state index in [-0.39, 0.29) is 11.4 Å². The van der Waals surface area contributed by atoms with E-state index in [0.717, 1.165) is 5.56 Å². The second kappa shape index (κ2) is 5.02. The molecule has 0 bridgehead atoms. The zero-order valence-electron chi connectivity index (χ0n) is 10.8. The molecule has 0 aliphatic rings. The van der Waals surface area contributed by atoms with Crippen LogP contribution in [-0.2, 0) is 23.6 Å². The van der Waals surface area contributed by atoms with E-state index in [1.54, 1.807) is 13.1 Å². The van der Waals surface area contributed by atoms with Crippen LogP contribution in [0.2, 0.25) is 0 Å². The monoisotopic (exact) mass is 280 g/mol. The lowest BCUT2D eigenvalue weighted by atomic mass is 10.2. The van der Waals surface area contributed by atoms with Crippen LogP contribution in [0.15, 0.2) is 41.6 Å². The molecule has 2 aromatic rings. The summed E-state index contributed by atoms with van der Waals surface area (Å²) in [6.07, 6.45) is 2.81. The molecule has 0 aliphatic heterocycles. The highest BCUT2D eigenvalue weighted by molar-refractivity contribution is 7.89. The Hall–Kier alpha value is -1.86. The topological polar surface area (TPSA) is 81.2 Å². The van der Waals surface area contributed by atoms with Crippen molar-refractivity contribution in [3.8, 4) is 0 Å². The zero-order valence-corrected chi connectivity index (χ0v) is 11.6. The molecule has 2 rings (SSSR count). The highest BCUT2D eigenvalue weighted by atomic mass is 32.2. The summed E-state index contributed by atoms with van der Waals surface area (Å²) in [4.78, 5) is 0.173. The van der Waals surface area contributed by atoms with Crippen molar-refractivity contribution in [1.82, 2.24) is 14.1 Å². The molecule has 102 valence electrons. The number of nitrogens with zero attached hydrogens (tertiary/aromatic N) is 3. The summed E-state index contributed by atoms with van der Waals surface area (Å²) in [5, 5.41) is 3.88. The van der Waals surface area contributed by atoms with E-state index in [1.165, 1.54) is 28.4 Å². The van der Waals surface area contributed by atoms with Gasteiger partial charge in [-0.05, 0) is 11.6 Å². The van der Waals surface area contributed by atoms with Crippen molar-refractivity contribution in [2.75, 3.05) is 12.8 Å². The first-order valence-corrected chi connectivity index (χ1v) is 7.13. The third kappa shape index (κ3) is 2.77. The summed E-state index contributed by atoms with van der Waals surface area (Å²) in [5.74, 6) is 0. The molecule has 0 radical (unpaired) electrons. The van der Waals surface area contributed by atoms with E-state index < -0.39 is 10.0 Å². The SMILES string of the molecule is CN(Cc1ccccc1N)S(=O)(=O)c1cnn(C)c1. The number of sulfonamides is 1. The van der Waals surface area contributed by atoms with Crippen LogP contribution in [0.4, 0.5) is 5.69 Å². The van der Waals surface area contributed by atoms with Gasteiger partial charge in [0.15, 0.2) is 0 Å². The number of aromatic nitrogens is 2. The highest BCUT2D eigenvalue weighted by Crippen LogP contribution is 2.18. The molecule has 1 aromatic carbocycles. The van der Waals surface area contributed by atoms with Crippen LogP contribution in [0, 0.1) is 0 Å². The van der Waals surface area contributed by atoms with Crippen molar-refractivity contribution in [3.05, 3.63) is 42.2 Å². The predicted octanol–water partition coefficient (Wildman–Crippen LogP) is 0.823. The van der Waals surface area contributed by atoms with Crippen molar-refractivity contribution in [3.63, 3.8) is 0 Å². The molecule has 0 atom stereocenters. The number of anilines is 1. The standard InChI is InChI=1S/C12H16N4O2S/c1-15-9-11(7-14-15)19(17,18)16(2)8-10-5-3-4-6-12(10)13/h3-7,9H,8,13H2,1-2H3. The fourth-order valence-electron chi connectivity index (χ4n) is 1.71. The minimum Gasteiger partial charge on any atom is -0.398 e. The van der Waals surface area contributed by atoms with Crippen molar-refractivity contribution < 1.29 is 8.42 Å². The number of nitrogen functional groups attached to an aromatic ring is 1. The number of hydrogen-bond acceptors (Lipinski definition) is 4. The van der Waals surface area contributed by atoms with Gasteiger partial charge in [-0.3, -0.25) is 4.68 Å². The fraction of sp³-hybridized carbons (Fsp3) is 0.250. The molecular weight excluding hydrogens is 264 g/mol. The first-order chi connectivity index (χ1) is 8.91. The van der Waals surface area contributed by atoms with Gasteiger partial charge in [0.25, 0.3) is 0 Å². The summed E-state index contributed by atoms with van der Waals surface area (Å²) >= 11 is 0. The van der Waals surface area contributed by atoms with Gasteiger partial charge in [-0.1, -0.05) is 18.2 Å². The minimum absolute atomic E-state index is 0.173. The van der Waals surface area contributed by atoms with Crippen LogP contribution in [0.1, 0.15) is 5.56 Å². The van der Waals surface area contributed by atoms with Gasteiger partial charge in [0.2, 0.25) is 10.0 Å². The predicted molar refractivity (Wildman–Crippen MR) is 72.7 cm³/mol. The van der Waals surface area contributed by atoms with Crippen molar-refractivity contribution in [2.24, 2.45) is 7.05 Å². The maximum atomic E-state index is 12.3. The van der Waals surface area contributed by atoms with Gasteiger partial charge in [0.05, 0.1) is 6.20 Å². The summed E-state index contributed by atoms with van der Waals surface area (Å²) in [5.41, 5.74) is 7.17. The minimum atomic E-state index is -3.54. The highest BCUT2D eigenvalue weighted by Gasteiger charge is 2.22. The van der Waals surface area contributed by atoms with Gasteiger partial charge in [-0.25, -0.2) is 8.42 Å². The first kappa shape index (κ1) is 13.6. The molecule has 7 heteroatoms. The van der Waals surface area contributed by atoms with E-state index in [1.807, 2.05) is 18.2 Å². The second-order valence-electron chi connectivity index (χ2n) is 4.31. The van der Waals surface area contributed by atoms with E-state index in [9.17, 15) is 8.42 Å². The van der Waals surface area contributed by atoms with Crippen molar-refractivity contribution >= 4 is 15.7 Å². The molecule has 19 heavy (non-hydrogen) atoms. The van der Waals surface area contributed by atoms with E-state index in [4.69, 9.17) is 5.73 Å². The van der Waals surface area contributed by atoms with Gasteiger partial charge < -0.3 is 5.73 Å². The lowest BCUT2D eigenvalue weighted by molar-refractivity contribution is 0.467. The number of aryl methyl sites for hydroxylation is 1. The molecule has 0 spiro atoms. The van der Waals surface area contributed by atoms with Crippen LogP contribution in [0.3, 0.4) is 0 Å². The van der Waals surface area contributed by atoms with Crippen molar-refractivity contribution in [2.45, 2.75) is 11.4 Å². The molecule has 0 unspecified atom stereocenters. The summed E-state index contributed by atoms with van der Waals surface area (Å²) < 4.78 is 27.3. The maximum Gasteiger partial charge on any atom is 0.246 e. The first-order valence-electron chi connectivity index (χ1n) is 5.69. The third-order valence-corrected chi connectivity index (χ3v) is 4.59. The average Bonchev–Trinajstić information content (AvgIpc) is 2.79. The Morgan fingerprint density at radius 2 is 2.05 bits per heavy atom. The number of benzene rings is 1. The summed E-state index contributed by atoms with van der Waals surface area (Å²) in [6.45, 7) is 0.226. The number of hydrogen-bond donors (Lipinski definition) is 1. The molecule has 0 saturated heterocycles. The van der Waals surface area contributed by atoms with E-state index in [0.29, 0.717) is 5.69 Å². The quantitative estimate of drug-likeness (QED) is 0.841. The van der Waals surface area contributed by atoms with Crippen LogP contribution in [0.5, 0.6) is 0 Å². The maximum absolute atomic E-state index is 12.3. The van der Waals surface area contributed by atoms with E-state index >= 15 is 0 Å². The molecule has 0 fully saturated rings. The van der Waals surface area contributed by atoms with Gasteiger partial charge in [0, 0.05) is 32.5 Å². The Morgan fingerprint density at radius 3 is 2.63 bits per heavy atom. The van der Waals surface area contributed by atoms with Gasteiger partial charge >= 0.3 is 0 Å². The molecule has 1 aromatic heterocycles. The summed E-state index contributed by atoms with van der Waals surface area (Å²) in [6, 6.07) is 7.20. The Kier molecular flexibility index (Phi) is 3.59. The molecule has 6 nitrogen and oxygen atoms in total. The molecule has 0 saturated carbocycles. The largest absolute Gasteiger partial charge is 0.398 e. The van der Waals surface area contributed by atoms with Crippen LogP contribution in [0.25, 0.3) is 0 Å².